The van der Waals surface area contributed by atoms with Crippen LogP contribution in [0.3, 0.4) is 0 Å². The van der Waals surface area contributed by atoms with Crippen LogP contribution in [-0.2, 0) is 20.0 Å². The Kier molecular flexibility index (Phi) is 5.23. The molecule has 1 N–H and O–H groups in total. The molecule has 2 heterocycles. The zero-order valence-electron chi connectivity index (χ0n) is 14.6. The Labute approximate surface area is 147 Å². The zero-order valence-corrected chi connectivity index (χ0v) is 14.6. The molecule has 2 aromatic heterocycles. The highest BCUT2D eigenvalue weighted by Crippen LogP contribution is 2.17. The lowest BCUT2D eigenvalue weighted by molar-refractivity contribution is 0.0950. The molecule has 128 valence electrons. The molecule has 1 aromatic carbocycles. The van der Waals surface area contributed by atoms with Crippen molar-refractivity contribution in [1.29, 1.82) is 0 Å². The third-order valence-corrected chi connectivity index (χ3v) is 4.04. The Morgan fingerprint density at radius 1 is 1.16 bits per heavy atom. The SMILES string of the molecule is CCCc1ccc(C(=O)NCc2cc(-c3ccccn3)n(C)n2)cc1. The number of pyridine rings is 1. The first-order chi connectivity index (χ1) is 12.2. The van der Waals surface area contributed by atoms with Crippen molar-refractivity contribution < 1.29 is 4.79 Å². The lowest BCUT2D eigenvalue weighted by atomic mass is 10.1. The summed E-state index contributed by atoms with van der Waals surface area (Å²) in [4.78, 5) is 16.6. The molecule has 3 aromatic rings. The molecule has 3 rings (SSSR count). The van der Waals surface area contributed by atoms with Crippen LogP contribution in [0, 0.1) is 0 Å². The van der Waals surface area contributed by atoms with Gasteiger partial charge in [0.2, 0.25) is 0 Å². The lowest BCUT2D eigenvalue weighted by Crippen LogP contribution is -2.23. The number of carbonyl (C=O) groups is 1. The number of aromatic nitrogens is 3. The molecule has 0 unspecified atom stereocenters. The summed E-state index contributed by atoms with van der Waals surface area (Å²) in [7, 11) is 1.88. The minimum atomic E-state index is -0.0897. The minimum Gasteiger partial charge on any atom is -0.346 e. The maximum absolute atomic E-state index is 12.3. The van der Waals surface area contributed by atoms with Gasteiger partial charge in [-0.15, -0.1) is 0 Å². The van der Waals surface area contributed by atoms with Crippen molar-refractivity contribution in [3.63, 3.8) is 0 Å². The number of hydrogen-bond donors (Lipinski definition) is 1. The summed E-state index contributed by atoms with van der Waals surface area (Å²) in [6, 6.07) is 15.5. The van der Waals surface area contributed by atoms with E-state index in [0.29, 0.717) is 12.1 Å². The molecule has 0 atom stereocenters. The summed E-state index contributed by atoms with van der Waals surface area (Å²) in [6.07, 6.45) is 3.89. The van der Waals surface area contributed by atoms with E-state index in [1.54, 1.807) is 10.9 Å². The fraction of sp³-hybridized carbons (Fsp3) is 0.250. The molecule has 0 aliphatic rings. The van der Waals surface area contributed by atoms with Crippen molar-refractivity contribution in [2.45, 2.75) is 26.3 Å². The van der Waals surface area contributed by atoms with E-state index >= 15 is 0 Å². The minimum absolute atomic E-state index is 0.0897. The van der Waals surface area contributed by atoms with E-state index in [1.165, 1.54) is 5.56 Å². The van der Waals surface area contributed by atoms with E-state index in [2.05, 4.69) is 22.3 Å². The van der Waals surface area contributed by atoms with Gasteiger partial charge in [-0.3, -0.25) is 14.5 Å². The van der Waals surface area contributed by atoms with Crippen LogP contribution in [0.5, 0.6) is 0 Å². The monoisotopic (exact) mass is 334 g/mol. The fourth-order valence-electron chi connectivity index (χ4n) is 2.75. The predicted molar refractivity (Wildman–Crippen MR) is 98.0 cm³/mol. The number of carbonyl (C=O) groups excluding carboxylic acids is 1. The first-order valence-corrected chi connectivity index (χ1v) is 8.49. The summed E-state index contributed by atoms with van der Waals surface area (Å²) in [6.45, 7) is 2.53. The average Bonchev–Trinajstić information content (AvgIpc) is 3.02. The molecule has 0 radical (unpaired) electrons. The number of nitrogens with one attached hydrogen (secondary N) is 1. The molecule has 0 aliphatic heterocycles. The van der Waals surface area contributed by atoms with Gasteiger partial charge in [0.1, 0.15) is 0 Å². The van der Waals surface area contributed by atoms with Gasteiger partial charge in [0.05, 0.1) is 23.6 Å². The molecule has 0 bridgehead atoms. The Hall–Kier alpha value is -2.95. The predicted octanol–water partition coefficient (Wildman–Crippen LogP) is 3.36. The molecule has 0 saturated carbocycles. The van der Waals surface area contributed by atoms with Crippen LogP contribution >= 0.6 is 0 Å². The summed E-state index contributed by atoms with van der Waals surface area (Å²) >= 11 is 0. The van der Waals surface area contributed by atoms with E-state index in [9.17, 15) is 4.79 Å². The molecular weight excluding hydrogens is 312 g/mol. The highest BCUT2D eigenvalue weighted by molar-refractivity contribution is 5.94. The van der Waals surface area contributed by atoms with Crippen molar-refractivity contribution >= 4 is 5.91 Å². The number of benzene rings is 1. The van der Waals surface area contributed by atoms with Crippen LogP contribution in [0.1, 0.15) is 35.0 Å². The summed E-state index contributed by atoms with van der Waals surface area (Å²) in [5, 5.41) is 7.38. The maximum Gasteiger partial charge on any atom is 0.251 e. The number of nitrogens with zero attached hydrogens (tertiary/aromatic N) is 3. The van der Waals surface area contributed by atoms with Gasteiger partial charge in [0.25, 0.3) is 5.91 Å². The number of amides is 1. The maximum atomic E-state index is 12.3. The van der Waals surface area contributed by atoms with E-state index in [4.69, 9.17) is 0 Å². The normalized spacial score (nSPS) is 10.6. The second-order valence-corrected chi connectivity index (χ2v) is 5.99. The third-order valence-electron chi connectivity index (χ3n) is 4.04. The number of rotatable bonds is 6. The Bertz CT molecular complexity index is 838. The Balaban J connectivity index is 1.64. The van der Waals surface area contributed by atoms with Gasteiger partial charge in [-0.05, 0) is 42.3 Å². The Morgan fingerprint density at radius 2 is 1.96 bits per heavy atom. The summed E-state index contributed by atoms with van der Waals surface area (Å²) in [5.74, 6) is -0.0897. The van der Waals surface area contributed by atoms with Gasteiger partial charge < -0.3 is 5.32 Å². The second kappa shape index (κ2) is 7.75. The molecule has 0 aliphatic carbocycles. The summed E-state index contributed by atoms with van der Waals surface area (Å²) in [5.41, 5.74) is 4.51. The standard InChI is InChI=1S/C20H22N4O/c1-3-6-15-8-10-16(11-9-15)20(25)22-14-17-13-19(24(2)23-17)18-7-4-5-12-21-18/h4-5,7-13H,3,6,14H2,1-2H3,(H,22,25). The lowest BCUT2D eigenvalue weighted by Gasteiger charge is -2.04. The van der Waals surface area contributed by atoms with Gasteiger partial charge in [-0.2, -0.15) is 5.10 Å². The first-order valence-electron chi connectivity index (χ1n) is 8.49. The van der Waals surface area contributed by atoms with E-state index < -0.39 is 0 Å². The van der Waals surface area contributed by atoms with Crippen LogP contribution in [0.4, 0.5) is 0 Å². The van der Waals surface area contributed by atoms with Crippen LogP contribution in [0.15, 0.2) is 54.7 Å². The fourth-order valence-corrected chi connectivity index (χ4v) is 2.75. The van der Waals surface area contributed by atoms with Crippen molar-refractivity contribution in [3.05, 3.63) is 71.5 Å². The largest absolute Gasteiger partial charge is 0.346 e. The molecule has 25 heavy (non-hydrogen) atoms. The highest BCUT2D eigenvalue weighted by Gasteiger charge is 2.10. The topological polar surface area (TPSA) is 59.8 Å². The molecular formula is C20H22N4O. The van der Waals surface area contributed by atoms with E-state index in [1.807, 2.05) is 55.6 Å². The van der Waals surface area contributed by atoms with Crippen LogP contribution in [-0.4, -0.2) is 20.7 Å². The van der Waals surface area contributed by atoms with Crippen molar-refractivity contribution in [2.75, 3.05) is 0 Å². The third kappa shape index (κ3) is 4.12. The smallest absolute Gasteiger partial charge is 0.251 e. The Morgan fingerprint density at radius 3 is 2.64 bits per heavy atom. The van der Waals surface area contributed by atoms with Crippen molar-refractivity contribution in [3.8, 4) is 11.4 Å². The average molecular weight is 334 g/mol. The van der Waals surface area contributed by atoms with Crippen molar-refractivity contribution in [2.24, 2.45) is 7.05 Å². The quantitative estimate of drug-likeness (QED) is 0.752. The molecule has 0 spiro atoms. The van der Waals surface area contributed by atoms with Crippen LogP contribution in [0.25, 0.3) is 11.4 Å². The molecule has 0 fully saturated rings. The van der Waals surface area contributed by atoms with E-state index in [0.717, 1.165) is 29.9 Å². The molecule has 0 saturated heterocycles. The van der Waals surface area contributed by atoms with Gasteiger partial charge in [0, 0.05) is 18.8 Å². The van der Waals surface area contributed by atoms with E-state index in [-0.39, 0.29) is 5.91 Å². The van der Waals surface area contributed by atoms with Gasteiger partial charge in [-0.1, -0.05) is 31.5 Å². The van der Waals surface area contributed by atoms with Gasteiger partial charge >= 0.3 is 0 Å². The second-order valence-electron chi connectivity index (χ2n) is 5.99. The molecule has 1 amide bonds. The van der Waals surface area contributed by atoms with Gasteiger partial charge in [-0.25, -0.2) is 0 Å². The highest BCUT2D eigenvalue weighted by atomic mass is 16.1. The zero-order chi connectivity index (χ0) is 17.6. The van der Waals surface area contributed by atoms with Gasteiger partial charge in [0.15, 0.2) is 0 Å². The van der Waals surface area contributed by atoms with Crippen LogP contribution < -0.4 is 5.32 Å². The van der Waals surface area contributed by atoms with Crippen molar-refractivity contribution in [1.82, 2.24) is 20.1 Å². The van der Waals surface area contributed by atoms with Crippen LogP contribution in [0.2, 0.25) is 0 Å². The molecule has 5 heteroatoms. The molecule has 5 nitrogen and oxygen atoms in total. The number of aryl methyl sites for hydroxylation is 2. The summed E-state index contributed by atoms with van der Waals surface area (Å²) < 4.78 is 1.78. The first kappa shape index (κ1) is 16.9. The number of hydrogen-bond acceptors (Lipinski definition) is 3.